The standard InChI is InChI=1S/C29H28N2O2S/c1-15(2)11-21-16(3)32-25-19(21)7-8-20-23-24(30-14-31-28(23)33-26(20)25)18-12-17-9-10-34-27(17)22(13-18)29(4,5)6/h7-10,12-15H,11H2,1-6H3. The fourth-order valence-electron chi connectivity index (χ4n) is 5.05. The minimum atomic E-state index is 0.0222. The van der Waals surface area contributed by atoms with Gasteiger partial charge in [0.15, 0.2) is 11.2 Å². The van der Waals surface area contributed by atoms with E-state index in [1.54, 1.807) is 17.7 Å². The molecule has 172 valence electrons. The predicted octanol–water partition coefficient (Wildman–Crippen LogP) is 8.81. The van der Waals surface area contributed by atoms with Crippen molar-refractivity contribution in [2.75, 3.05) is 0 Å². The van der Waals surface area contributed by atoms with E-state index in [0.29, 0.717) is 11.6 Å². The summed E-state index contributed by atoms with van der Waals surface area (Å²) in [5, 5.41) is 6.47. The summed E-state index contributed by atoms with van der Waals surface area (Å²) < 4.78 is 13.9. The van der Waals surface area contributed by atoms with Crippen LogP contribution < -0.4 is 0 Å². The van der Waals surface area contributed by atoms with Gasteiger partial charge in [0.2, 0.25) is 5.71 Å². The second-order valence-electron chi connectivity index (χ2n) is 10.7. The highest BCUT2D eigenvalue weighted by molar-refractivity contribution is 7.17. The normalized spacial score (nSPS) is 12.8. The van der Waals surface area contributed by atoms with Gasteiger partial charge in [-0.2, -0.15) is 0 Å². The van der Waals surface area contributed by atoms with Crippen LogP contribution in [0, 0.1) is 12.8 Å². The topological polar surface area (TPSA) is 52.1 Å². The van der Waals surface area contributed by atoms with E-state index in [2.05, 4.69) is 75.3 Å². The molecule has 2 aromatic carbocycles. The summed E-state index contributed by atoms with van der Waals surface area (Å²) in [4.78, 5) is 9.25. The van der Waals surface area contributed by atoms with Crippen LogP contribution in [0.4, 0.5) is 0 Å². The van der Waals surface area contributed by atoms with Crippen LogP contribution >= 0.6 is 11.3 Å². The zero-order chi connectivity index (χ0) is 23.8. The summed E-state index contributed by atoms with van der Waals surface area (Å²) in [7, 11) is 0. The van der Waals surface area contributed by atoms with Gasteiger partial charge >= 0.3 is 0 Å². The summed E-state index contributed by atoms with van der Waals surface area (Å²) in [5.41, 5.74) is 6.74. The summed E-state index contributed by atoms with van der Waals surface area (Å²) in [6.07, 6.45) is 2.58. The van der Waals surface area contributed by atoms with Crippen LogP contribution in [-0.4, -0.2) is 9.97 Å². The van der Waals surface area contributed by atoms with Crippen molar-refractivity contribution in [1.29, 1.82) is 0 Å². The summed E-state index contributed by atoms with van der Waals surface area (Å²) >= 11 is 1.80. The maximum absolute atomic E-state index is 6.33. The lowest BCUT2D eigenvalue weighted by atomic mass is 9.85. The van der Waals surface area contributed by atoms with E-state index >= 15 is 0 Å². The number of rotatable bonds is 3. The van der Waals surface area contributed by atoms with Gasteiger partial charge in [-0.25, -0.2) is 9.97 Å². The number of aryl methyl sites for hydroxylation is 1. The molecule has 0 radical (unpaired) electrons. The average molecular weight is 469 g/mol. The molecule has 0 spiro atoms. The second-order valence-corrected chi connectivity index (χ2v) is 11.6. The molecule has 6 rings (SSSR count). The molecule has 4 heterocycles. The van der Waals surface area contributed by atoms with E-state index < -0.39 is 0 Å². The maximum atomic E-state index is 6.33. The van der Waals surface area contributed by atoms with Gasteiger partial charge in [0, 0.05) is 26.6 Å². The number of thiophene rings is 1. The number of hydrogen-bond donors (Lipinski definition) is 0. The van der Waals surface area contributed by atoms with Crippen molar-refractivity contribution in [2.24, 2.45) is 5.92 Å². The van der Waals surface area contributed by atoms with Crippen LogP contribution in [0.5, 0.6) is 0 Å². The zero-order valence-corrected chi connectivity index (χ0v) is 21.3. The number of furan rings is 2. The molecule has 5 heteroatoms. The fraction of sp³-hybridized carbons (Fsp3) is 0.310. The van der Waals surface area contributed by atoms with Gasteiger partial charge in [0.25, 0.3) is 0 Å². The van der Waals surface area contributed by atoms with Crippen molar-refractivity contribution in [3.8, 4) is 11.3 Å². The van der Waals surface area contributed by atoms with E-state index in [1.807, 2.05) is 6.92 Å². The molecule has 4 nitrogen and oxygen atoms in total. The predicted molar refractivity (Wildman–Crippen MR) is 142 cm³/mol. The first-order chi connectivity index (χ1) is 16.2. The number of hydrogen-bond acceptors (Lipinski definition) is 5. The van der Waals surface area contributed by atoms with Crippen LogP contribution in [0.25, 0.3) is 54.4 Å². The summed E-state index contributed by atoms with van der Waals surface area (Å²) in [6, 6.07) is 11.0. The molecule has 0 bridgehead atoms. The van der Waals surface area contributed by atoms with Crippen molar-refractivity contribution < 1.29 is 8.83 Å². The second kappa shape index (κ2) is 7.41. The lowest BCUT2D eigenvalue weighted by Crippen LogP contribution is -2.11. The van der Waals surface area contributed by atoms with Crippen molar-refractivity contribution in [3.05, 3.63) is 58.9 Å². The first-order valence-corrected chi connectivity index (χ1v) is 12.7. The molecule has 0 amide bonds. The molecule has 0 aliphatic rings. The SMILES string of the molecule is Cc1oc2c(ccc3c2oc2ncnc(-c4cc(C(C)(C)C)c5sccc5c4)c23)c1CC(C)C. The van der Waals surface area contributed by atoms with Crippen LogP contribution in [0.3, 0.4) is 0 Å². The Balaban J connectivity index is 1.65. The third-order valence-corrected chi connectivity index (χ3v) is 7.61. The minimum Gasteiger partial charge on any atom is -0.457 e. The molecular formula is C29H28N2O2S. The molecule has 0 fully saturated rings. The average Bonchev–Trinajstić information content (AvgIpc) is 3.47. The Labute approximate surface area is 202 Å². The zero-order valence-electron chi connectivity index (χ0n) is 20.4. The largest absolute Gasteiger partial charge is 0.457 e. The van der Waals surface area contributed by atoms with Crippen LogP contribution in [0.1, 0.15) is 51.5 Å². The van der Waals surface area contributed by atoms with Crippen LogP contribution in [-0.2, 0) is 11.8 Å². The van der Waals surface area contributed by atoms with Crippen molar-refractivity contribution in [1.82, 2.24) is 9.97 Å². The highest BCUT2D eigenvalue weighted by Gasteiger charge is 2.24. The Morgan fingerprint density at radius 2 is 1.74 bits per heavy atom. The minimum absolute atomic E-state index is 0.0222. The Morgan fingerprint density at radius 3 is 2.50 bits per heavy atom. The van der Waals surface area contributed by atoms with Crippen molar-refractivity contribution >= 4 is 54.5 Å². The maximum Gasteiger partial charge on any atom is 0.231 e. The van der Waals surface area contributed by atoms with E-state index in [-0.39, 0.29) is 5.41 Å². The van der Waals surface area contributed by atoms with Crippen molar-refractivity contribution in [3.63, 3.8) is 0 Å². The van der Waals surface area contributed by atoms with Gasteiger partial charge < -0.3 is 8.83 Å². The first-order valence-electron chi connectivity index (χ1n) is 11.8. The van der Waals surface area contributed by atoms with Crippen LogP contribution in [0.2, 0.25) is 0 Å². The molecule has 0 saturated carbocycles. The van der Waals surface area contributed by atoms with E-state index in [0.717, 1.165) is 50.8 Å². The third kappa shape index (κ3) is 3.17. The molecule has 6 aromatic rings. The first kappa shape index (κ1) is 21.4. The van der Waals surface area contributed by atoms with E-state index in [1.165, 1.54) is 21.2 Å². The third-order valence-electron chi connectivity index (χ3n) is 6.64. The summed E-state index contributed by atoms with van der Waals surface area (Å²) in [6.45, 7) is 13.3. The van der Waals surface area contributed by atoms with E-state index in [4.69, 9.17) is 13.8 Å². The highest BCUT2D eigenvalue weighted by Crippen LogP contribution is 2.42. The quantitative estimate of drug-likeness (QED) is 0.260. The smallest absolute Gasteiger partial charge is 0.231 e. The lowest BCUT2D eigenvalue weighted by Gasteiger charge is -2.21. The fourth-order valence-corrected chi connectivity index (χ4v) is 6.15. The molecule has 0 aliphatic carbocycles. The lowest BCUT2D eigenvalue weighted by molar-refractivity contribution is 0.553. The molecule has 4 aromatic heterocycles. The van der Waals surface area contributed by atoms with Gasteiger partial charge in [-0.3, -0.25) is 0 Å². The van der Waals surface area contributed by atoms with Gasteiger partial charge in [0.05, 0.1) is 11.1 Å². The molecule has 0 saturated heterocycles. The molecule has 0 unspecified atom stereocenters. The van der Waals surface area contributed by atoms with Gasteiger partial charge in [-0.15, -0.1) is 11.3 Å². The van der Waals surface area contributed by atoms with E-state index in [9.17, 15) is 0 Å². The number of benzene rings is 2. The van der Waals surface area contributed by atoms with Gasteiger partial charge in [0.1, 0.15) is 12.1 Å². The monoisotopic (exact) mass is 468 g/mol. The Kier molecular flexibility index (Phi) is 4.65. The molecule has 34 heavy (non-hydrogen) atoms. The Hall–Kier alpha value is -3.18. The Morgan fingerprint density at radius 1 is 0.971 bits per heavy atom. The Bertz CT molecular complexity index is 1710. The molecule has 0 atom stereocenters. The number of fused-ring (bicyclic) bond motifs is 6. The molecular weight excluding hydrogens is 440 g/mol. The molecule has 0 N–H and O–H groups in total. The number of aromatic nitrogens is 2. The van der Waals surface area contributed by atoms with Gasteiger partial charge in [-0.05, 0) is 71.3 Å². The molecule has 0 aliphatic heterocycles. The summed E-state index contributed by atoms with van der Waals surface area (Å²) in [5.74, 6) is 1.51. The highest BCUT2D eigenvalue weighted by atomic mass is 32.1. The van der Waals surface area contributed by atoms with Gasteiger partial charge in [-0.1, -0.05) is 34.6 Å². The number of nitrogens with zero attached hydrogens (tertiary/aromatic N) is 2. The van der Waals surface area contributed by atoms with Crippen molar-refractivity contribution in [2.45, 2.75) is 53.4 Å². The van der Waals surface area contributed by atoms with Crippen LogP contribution in [0.15, 0.2) is 50.9 Å².